The SMILES string of the molecule is Cc1ccc(C(=O)NC2CC2)cc1-n1ccc2ccc(OCCN3CCO[C@H](CO)C3)cc2c1=O. The number of hydrogen-bond donors (Lipinski definition) is 2. The normalized spacial score (nSPS) is 18.5. The molecule has 0 bridgehead atoms. The monoisotopic (exact) mass is 477 g/mol. The van der Waals surface area contributed by atoms with Crippen molar-refractivity contribution in [3.63, 3.8) is 0 Å². The Morgan fingerprint density at radius 1 is 1.20 bits per heavy atom. The Kier molecular flexibility index (Phi) is 6.86. The molecule has 1 saturated carbocycles. The summed E-state index contributed by atoms with van der Waals surface area (Å²) in [6.45, 7) is 5.22. The van der Waals surface area contributed by atoms with Crippen LogP contribution >= 0.6 is 0 Å². The molecule has 1 atom stereocenters. The fraction of sp³-hybridized carbons (Fsp3) is 0.407. The number of hydrogen-bond acceptors (Lipinski definition) is 6. The minimum Gasteiger partial charge on any atom is -0.492 e. The predicted molar refractivity (Wildman–Crippen MR) is 134 cm³/mol. The third kappa shape index (κ3) is 5.40. The highest BCUT2D eigenvalue weighted by Crippen LogP contribution is 2.22. The van der Waals surface area contributed by atoms with Crippen molar-refractivity contribution in [2.24, 2.45) is 0 Å². The fourth-order valence-corrected chi connectivity index (χ4v) is 4.39. The van der Waals surface area contributed by atoms with E-state index in [9.17, 15) is 14.7 Å². The van der Waals surface area contributed by atoms with Crippen molar-refractivity contribution in [2.45, 2.75) is 31.9 Å². The molecule has 0 unspecified atom stereocenters. The van der Waals surface area contributed by atoms with Gasteiger partial charge in [0.05, 0.1) is 30.4 Å². The average Bonchev–Trinajstić information content (AvgIpc) is 3.69. The Morgan fingerprint density at radius 3 is 2.86 bits per heavy atom. The van der Waals surface area contributed by atoms with Crippen LogP contribution in [0.2, 0.25) is 0 Å². The van der Waals surface area contributed by atoms with Crippen LogP contribution in [0.15, 0.2) is 53.5 Å². The lowest BCUT2D eigenvalue weighted by atomic mass is 10.1. The first-order valence-electron chi connectivity index (χ1n) is 12.2. The number of aliphatic hydroxyl groups excluding tert-OH is 1. The maximum absolute atomic E-state index is 13.5. The van der Waals surface area contributed by atoms with Gasteiger partial charge in [-0.25, -0.2) is 0 Å². The van der Waals surface area contributed by atoms with Crippen molar-refractivity contribution in [1.82, 2.24) is 14.8 Å². The van der Waals surface area contributed by atoms with E-state index < -0.39 is 0 Å². The van der Waals surface area contributed by atoms with E-state index in [0.29, 0.717) is 48.7 Å². The van der Waals surface area contributed by atoms with Gasteiger partial charge in [-0.1, -0.05) is 12.1 Å². The van der Waals surface area contributed by atoms with Gasteiger partial charge in [0.2, 0.25) is 0 Å². The molecular weight excluding hydrogens is 446 g/mol. The van der Waals surface area contributed by atoms with Gasteiger partial charge < -0.3 is 19.9 Å². The highest BCUT2D eigenvalue weighted by molar-refractivity contribution is 5.95. The van der Waals surface area contributed by atoms with Gasteiger partial charge in [-0.2, -0.15) is 0 Å². The summed E-state index contributed by atoms with van der Waals surface area (Å²) >= 11 is 0. The number of aliphatic hydroxyl groups is 1. The molecule has 3 aromatic rings. The molecule has 2 N–H and O–H groups in total. The molecule has 0 radical (unpaired) electrons. The van der Waals surface area contributed by atoms with E-state index in [1.807, 2.05) is 31.2 Å². The van der Waals surface area contributed by atoms with Crippen LogP contribution in [0.4, 0.5) is 0 Å². The van der Waals surface area contributed by atoms with Crippen molar-refractivity contribution in [3.8, 4) is 11.4 Å². The van der Waals surface area contributed by atoms with Crippen LogP contribution < -0.4 is 15.6 Å². The number of morpholine rings is 1. The van der Waals surface area contributed by atoms with Crippen LogP contribution in [0.3, 0.4) is 0 Å². The molecule has 0 spiro atoms. The summed E-state index contributed by atoms with van der Waals surface area (Å²) in [4.78, 5) is 28.2. The minimum absolute atomic E-state index is 0.0158. The molecule has 184 valence electrons. The van der Waals surface area contributed by atoms with E-state index in [4.69, 9.17) is 9.47 Å². The van der Waals surface area contributed by atoms with Gasteiger partial charge in [0, 0.05) is 37.4 Å². The van der Waals surface area contributed by atoms with Crippen LogP contribution in [0.25, 0.3) is 16.5 Å². The third-order valence-corrected chi connectivity index (χ3v) is 6.62. The zero-order valence-electron chi connectivity index (χ0n) is 19.9. The number of nitrogens with one attached hydrogen (secondary N) is 1. The van der Waals surface area contributed by atoms with Crippen molar-refractivity contribution in [3.05, 3.63) is 70.1 Å². The summed E-state index contributed by atoms with van der Waals surface area (Å²) in [5.74, 6) is 0.525. The van der Waals surface area contributed by atoms with Gasteiger partial charge in [-0.05, 0) is 61.0 Å². The number of aromatic nitrogens is 1. The first kappa shape index (κ1) is 23.5. The Hall–Kier alpha value is -3.20. The lowest BCUT2D eigenvalue weighted by Gasteiger charge is -2.31. The Labute approximate surface area is 204 Å². The topological polar surface area (TPSA) is 93.0 Å². The van der Waals surface area contributed by atoms with Gasteiger partial charge >= 0.3 is 0 Å². The second-order valence-corrected chi connectivity index (χ2v) is 9.31. The zero-order chi connectivity index (χ0) is 24.4. The van der Waals surface area contributed by atoms with Gasteiger partial charge in [0.25, 0.3) is 11.5 Å². The molecule has 8 nitrogen and oxygen atoms in total. The van der Waals surface area contributed by atoms with E-state index in [1.165, 1.54) is 0 Å². The number of ether oxygens (including phenoxy) is 2. The Morgan fingerprint density at radius 2 is 2.06 bits per heavy atom. The van der Waals surface area contributed by atoms with Crippen LogP contribution in [0.1, 0.15) is 28.8 Å². The van der Waals surface area contributed by atoms with Crippen molar-refractivity contribution >= 4 is 16.7 Å². The van der Waals surface area contributed by atoms with Crippen molar-refractivity contribution in [2.75, 3.05) is 39.5 Å². The molecule has 2 aromatic carbocycles. The third-order valence-electron chi connectivity index (χ3n) is 6.62. The number of pyridine rings is 1. The minimum atomic E-state index is -0.158. The van der Waals surface area contributed by atoms with Gasteiger partial charge in [-0.15, -0.1) is 0 Å². The van der Waals surface area contributed by atoms with E-state index in [2.05, 4.69) is 10.2 Å². The van der Waals surface area contributed by atoms with E-state index in [-0.39, 0.29) is 30.2 Å². The summed E-state index contributed by atoms with van der Waals surface area (Å²) in [6.07, 6.45) is 3.65. The standard InChI is InChI=1S/C27H31N3O5/c1-18-2-3-20(26(32)28-21-5-6-21)14-25(18)30-9-8-19-4-7-22(15-24(19)27(30)33)34-12-10-29-11-13-35-23(16-29)17-31/h2-4,7-9,14-15,21,23,31H,5-6,10-13,16-17H2,1H3,(H,28,32)/t23-/m0/s1. The largest absolute Gasteiger partial charge is 0.492 e. The molecule has 1 aromatic heterocycles. The number of aryl methyl sites for hydroxylation is 1. The Bertz CT molecular complexity index is 1280. The number of nitrogens with zero attached hydrogens (tertiary/aromatic N) is 2. The van der Waals surface area contributed by atoms with Crippen LogP contribution in [-0.2, 0) is 4.74 Å². The van der Waals surface area contributed by atoms with Gasteiger partial charge in [-0.3, -0.25) is 19.1 Å². The lowest BCUT2D eigenvalue weighted by molar-refractivity contribution is -0.0547. The van der Waals surface area contributed by atoms with E-state index in [0.717, 1.165) is 30.3 Å². The first-order chi connectivity index (χ1) is 17.0. The number of benzene rings is 2. The molecule has 2 aliphatic rings. The molecule has 1 saturated heterocycles. The molecule has 2 heterocycles. The fourth-order valence-electron chi connectivity index (χ4n) is 4.39. The summed E-state index contributed by atoms with van der Waals surface area (Å²) in [6, 6.07) is 13.2. The molecule has 5 rings (SSSR count). The second-order valence-electron chi connectivity index (χ2n) is 9.31. The molecule has 1 aliphatic heterocycles. The molecular formula is C27H31N3O5. The van der Waals surface area contributed by atoms with Gasteiger partial charge in [0.15, 0.2) is 0 Å². The Balaban J connectivity index is 1.35. The zero-order valence-corrected chi connectivity index (χ0v) is 19.9. The second kappa shape index (κ2) is 10.2. The first-order valence-corrected chi connectivity index (χ1v) is 12.2. The van der Waals surface area contributed by atoms with Crippen LogP contribution in [0, 0.1) is 6.92 Å². The van der Waals surface area contributed by atoms with E-state index >= 15 is 0 Å². The summed E-state index contributed by atoms with van der Waals surface area (Å²) in [5, 5.41) is 13.7. The van der Waals surface area contributed by atoms with Crippen LogP contribution in [-0.4, -0.2) is 72.1 Å². The molecule has 8 heteroatoms. The predicted octanol–water partition coefficient (Wildman–Crippen LogP) is 2.26. The summed E-state index contributed by atoms with van der Waals surface area (Å²) < 4.78 is 13.0. The highest BCUT2D eigenvalue weighted by Gasteiger charge is 2.24. The van der Waals surface area contributed by atoms with Crippen molar-refractivity contribution < 1.29 is 19.4 Å². The number of fused-ring (bicyclic) bond motifs is 1. The average molecular weight is 478 g/mol. The number of amides is 1. The number of carbonyl (C=O) groups is 1. The van der Waals surface area contributed by atoms with Crippen LogP contribution in [0.5, 0.6) is 5.75 Å². The maximum Gasteiger partial charge on any atom is 0.263 e. The summed E-state index contributed by atoms with van der Waals surface area (Å²) in [7, 11) is 0. The number of rotatable bonds is 8. The van der Waals surface area contributed by atoms with Crippen molar-refractivity contribution in [1.29, 1.82) is 0 Å². The summed E-state index contributed by atoms with van der Waals surface area (Å²) in [5.41, 5.74) is 1.99. The van der Waals surface area contributed by atoms with E-state index in [1.54, 1.807) is 29.0 Å². The smallest absolute Gasteiger partial charge is 0.263 e. The lowest BCUT2D eigenvalue weighted by Crippen LogP contribution is -2.45. The molecule has 1 amide bonds. The maximum atomic E-state index is 13.5. The molecule has 1 aliphatic carbocycles. The number of carbonyl (C=O) groups excluding carboxylic acids is 1. The van der Waals surface area contributed by atoms with Gasteiger partial charge in [0.1, 0.15) is 12.4 Å². The molecule has 35 heavy (non-hydrogen) atoms. The quantitative estimate of drug-likeness (QED) is 0.517. The molecule has 2 fully saturated rings. The highest BCUT2D eigenvalue weighted by atomic mass is 16.5.